The highest BCUT2D eigenvalue weighted by atomic mass is 16.2. The highest BCUT2D eigenvalue weighted by molar-refractivity contribution is 5.97. The predicted molar refractivity (Wildman–Crippen MR) is 73.9 cm³/mol. The van der Waals surface area contributed by atoms with Gasteiger partial charge in [0.15, 0.2) is 0 Å². The molecule has 0 radical (unpaired) electrons. The Labute approximate surface area is 112 Å². The van der Waals surface area contributed by atoms with E-state index in [1.54, 1.807) is 12.4 Å². The minimum Gasteiger partial charge on any atom is -0.339 e. The Bertz CT molecular complexity index is 589. The molecule has 1 aliphatic rings. The van der Waals surface area contributed by atoms with Crippen molar-refractivity contribution < 1.29 is 4.79 Å². The molecule has 1 fully saturated rings. The van der Waals surface area contributed by atoms with Gasteiger partial charge >= 0.3 is 0 Å². The second-order valence-corrected chi connectivity index (χ2v) is 4.97. The summed E-state index contributed by atoms with van der Waals surface area (Å²) in [5, 5.41) is 0. The van der Waals surface area contributed by atoms with Crippen LogP contribution in [0, 0.1) is 0 Å². The number of carbonyl (C=O) groups is 1. The van der Waals surface area contributed by atoms with Gasteiger partial charge in [-0.25, -0.2) is 0 Å². The number of fused-ring (bicyclic) bond motifs is 1. The van der Waals surface area contributed by atoms with Gasteiger partial charge in [0.25, 0.3) is 5.91 Å². The first-order valence-electron chi connectivity index (χ1n) is 6.85. The van der Waals surface area contributed by atoms with Gasteiger partial charge in [0, 0.05) is 31.0 Å². The highest BCUT2D eigenvalue weighted by Gasteiger charge is 2.17. The van der Waals surface area contributed by atoms with Crippen molar-refractivity contribution in [3.63, 3.8) is 0 Å². The van der Waals surface area contributed by atoms with E-state index in [1.807, 2.05) is 23.1 Å². The summed E-state index contributed by atoms with van der Waals surface area (Å²) in [5.41, 5.74) is 2.33. The lowest BCUT2D eigenvalue weighted by Gasteiger charge is -2.20. The lowest BCUT2D eigenvalue weighted by atomic mass is 10.1. The van der Waals surface area contributed by atoms with Crippen LogP contribution in [-0.2, 0) is 0 Å². The summed E-state index contributed by atoms with van der Waals surface area (Å²) in [6.07, 6.45) is 8.00. The van der Waals surface area contributed by atoms with Crippen molar-refractivity contribution in [2.75, 3.05) is 13.1 Å². The van der Waals surface area contributed by atoms with Gasteiger partial charge < -0.3 is 4.90 Å². The molecular formula is C15H17N3O. The van der Waals surface area contributed by atoms with Gasteiger partial charge in [-0.05, 0) is 31.0 Å². The van der Waals surface area contributed by atoms with Crippen LogP contribution in [0.4, 0.5) is 0 Å². The Morgan fingerprint density at radius 3 is 2.37 bits per heavy atom. The van der Waals surface area contributed by atoms with E-state index in [1.165, 1.54) is 12.8 Å². The summed E-state index contributed by atoms with van der Waals surface area (Å²) in [4.78, 5) is 22.9. The number of aromatic nitrogens is 2. The van der Waals surface area contributed by atoms with E-state index in [2.05, 4.69) is 9.97 Å². The van der Waals surface area contributed by atoms with Crippen molar-refractivity contribution >= 4 is 16.9 Å². The highest BCUT2D eigenvalue weighted by Crippen LogP contribution is 2.16. The molecule has 0 N–H and O–H groups in total. The van der Waals surface area contributed by atoms with Crippen LogP contribution in [-0.4, -0.2) is 33.9 Å². The monoisotopic (exact) mass is 255 g/mol. The average molecular weight is 255 g/mol. The summed E-state index contributed by atoms with van der Waals surface area (Å²) in [5.74, 6) is 0.120. The second-order valence-electron chi connectivity index (χ2n) is 4.97. The van der Waals surface area contributed by atoms with Gasteiger partial charge in [0.05, 0.1) is 11.0 Å². The zero-order valence-electron chi connectivity index (χ0n) is 10.9. The molecule has 1 aliphatic heterocycles. The minimum atomic E-state index is 0.120. The van der Waals surface area contributed by atoms with Crippen LogP contribution in [0.1, 0.15) is 36.0 Å². The summed E-state index contributed by atoms with van der Waals surface area (Å²) in [7, 11) is 0. The van der Waals surface area contributed by atoms with Crippen LogP contribution in [0.2, 0.25) is 0 Å². The number of nitrogens with zero attached hydrogens (tertiary/aromatic N) is 3. The summed E-state index contributed by atoms with van der Waals surface area (Å²) < 4.78 is 0. The van der Waals surface area contributed by atoms with Gasteiger partial charge in [-0.1, -0.05) is 12.8 Å². The molecule has 2 heterocycles. The summed E-state index contributed by atoms with van der Waals surface area (Å²) in [6.45, 7) is 1.74. The maximum Gasteiger partial charge on any atom is 0.253 e. The van der Waals surface area contributed by atoms with E-state index in [-0.39, 0.29) is 5.91 Å². The number of hydrogen-bond donors (Lipinski definition) is 0. The Morgan fingerprint density at radius 1 is 0.947 bits per heavy atom. The molecular weight excluding hydrogens is 238 g/mol. The van der Waals surface area contributed by atoms with E-state index < -0.39 is 0 Å². The first-order valence-corrected chi connectivity index (χ1v) is 6.85. The molecule has 0 aliphatic carbocycles. The SMILES string of the molecule is O=C(c1ccc2nccnc2c1)N1CCCCCC1. The molecule has 1 saturated heterocycles. The third-order valence-electron chi connectivity index (χ3n) is 3.61. The molecule has 19 heavy (non-hydrogen) atoms. The molecule has 0 spiro atoms. The fourth-order valence-corrected chi connectivity index (χ4v) is 2.55. The third-order valence-corrected chi connectivity index (χ3v) is 3.61. The molecule has 2 aromatic rings. The number of benzene rings is 1. The van der Waals surface area contributed by atoms with E-state index in [0.29, 0.717) is 0 Å². The van der Waals surface area contributed by atoms with Crippen LogP contribution in [0.5, 0.6) is 0 Å². The summed E-state index contributed by atoms with van der Waals surface area (Å²) in [6, 6.07) is 5.56. The second kappa shape index (κ2) is 5.34. The van der Waals surface area contributed by atoms with Crippen molar-refractivity contribution in [2.24, 2.45) is 0 Å². The van der Waals surface area contributed by atoms with Crippen LogP contribution >= 0.6 is 0 Å². The van der Waals surface area contributed by atoms with Crippen molar-refractivity contribution in [2.45, 2.75) is 25.7 Å². The van der Waals surface area contributed by atoms with Crippen LogP contribution < -0.4 is 0 Å². The molecule has 1 aromatic carbocycles. The fraction of sp³-hybridized carbons (Fsp3) is 0.400. The van der Waals surface area contributed by atoms with Crippen molar-refractivity contribution in [3.8, 4) is 0 Å². The van der Waals surface area contributed by atoms with Crippen molar-refractivity contribution in [1.82, 2.24) is 14.9 Å². The quantitative estimate of drug-likeness (QED) is 0.787. The normalized spacial score (nSPS) is 16.3. The Balaban J connectivity index is 1.88. The molecule has 1 amide bonds. The fourth-order valence-electron chi connectivity index (χ4n) is 2.55. The number of rotatable bonds is 1. The molecule has 4 heteroatoms. The Hall–Kier alpha value is -1.97. The molecule has 0 saturated carbocycles. The number of likely N-dealkylation sites (tertiary alicyclic amines) is 1. The van der Waals surface area contributed by atoms with Gasteiger partial charge in [-0.15, -0.1) is 0 Å². The maximum atomic E-state index is 12.5. The number of carbonyl (C=O) groups excluding carboxylic acids is 1. The summed E-state index contributed by atoms with van der Waals surface area (Å²) >= 11 is 0. The zero-order chi connectivity index (χ0) is 13.1. The lowest BCUT2D eigenvalue weighted by Crippen LogP contribution is -2.31. The smallest absolute Gasteiger partial charge is 0.253 e. The molecule has 4 nitrogen and oxygen atoms in total. The maximum absolute atomic E-state index is 12.5. The predicted octanol–water partition coefficient (Wildman–Crippen LogP) is 2.65. The van der Waals surface area contributed by atoms with Gasteiger partial charge in [-0.3, -0.25) is 14.8 Å². The third kappa shape index (κ3) is 2.57. The van der Waals surface area contributed by atoms with E-state index in [9.17, 15) is 4.79 Å². The van der Waals surface area contributed by atoms with Crippen LogP contribution in [0.25, 0.3) is 11.0 Å². The number of amides is 1. The molecule has 3 rings (SSSR count). The molecule has 0 bridgehead atoms. The van der Waals surface area contributed by atoms with Crippen LogP contribution in [0.15, 0.2) is 30.6 Å². The van der Waals surface area contributed by atoms with E-state index in [0.717, 1.165) is 42.5 Å². The number of hydrogen-bond acceptors (Lipinski definition) is 3. The Kier molecular flexibility index (Phi) is 3.40. The largest absolute Gasteiger partial charge is 0.339 e. The lowest BCUT2D eigenvalue weighted by molar-refractivity contribution is 0.0762. The van der Waals surface area contributed by atoms with E-state index >= 15 is 0 Å². The standard InChI is InChI=1S/C15H17N3O/c19-15(18-9-3-1-2-4-10-18)12-5-6-13-14(11-12)17-8-7-16-13/h5-8,11H,1-4,9-10H2. The van der Waals surface area contributed by atoms with Crippen molar-refractivity contribution in [1.29, 1.82) is 0 Å². The minimum absolute atomic E-state index is 0.120. The van der Waals surface area contributed by atoms with Gasteiger partial charge in [0.2, 0.25) is 0 Å². The zero-order valence-corrected chi connectivity index (χ0v) is 10.9. The topological polar surface area (TPSA) is 46.1 Å². The van der Waals surface area contributed by atoms with Gasteiger partial charge in [-0.2, -0.15) is 0 Å². The first kappa shape index (κ1) is 12.1. The molecule has 0 unspecified atom stereocenters. The van der Waals surface area contributed by atoms with Gasteiger partial charge in [0.1, 0.15) is 0 Å². The molecule has 98 valence electrons. The Morgan fingerprint density at radius 2 is 1.63 bits per heavy atom. The first-order chi connectivity index (χ1) is 9.34. The van der Waals surface area contributed by atoms with E-state index in [4.69, 9.17) is 0 Å². The molecule has 1 aromatic heterocycles. The average Bonchev–Trinajstić information content (AvgIpc) is 2.75. The molecule has 0 atom stereocenters. The van der Waals surface area contributed by atoms with Crippen LogP contribution in [0.3, 0.4) is 0 Å². The van der Waals surface area contributed by atoms with Crippen molar-refractivity contribution in [3.05, 3.63) is 36.2 Å².